The molecule has 7 heteroatoms. The predicted molar refractivity (Wildman–Crippen MR) is 47.0 cm³/mol. The molecule has 14 heavy (non-hydrogen) atoms. The number of carbonyl (C=O) groups excluding carboxylic acids is 2. The molecule has 0 spiro atoms. The summed E-state index contributed by atoms with van der Waals surface area (Å²) >= 11 is 0. The van der Waals surface area contributed by atoms with Crippen molar-refractivity contribution in [1.29, 1.82) is 0 Å². The number of methoxy groups -OCH3 is 1. The zero-order valence-corrected chi connectivity index (χ0v) is 7.65. The van der Waals surface area contributed by atoms with E-state index in [1.165, 1.54) is 7.11 Å². The summed E-state index contributed by atoms with van der Waals surface area (Å²) in [6.45, 7) is 0. The molecule has 1 atom stereocenters. The molecule has 0 aliphatic rings. The molecule has 0 aromatic carbocycles. The molecular weight excluding hydrogens is 189 g/mol. The molecule has 6 nitrogen and oxygen atoms in total. The van der Waals surface area contributed by atoms with Crippen LogP contribution in [0.1, 0.15) is 12.8 Å². The second-order valence-electron chi connectivity index (χ2n) is 2.51. The van der Waals surface area contributed by atoms with Gasteiger partial charge in [-0.2, -0.15) is 0 Å². The molecule has 0 aliphatic carbocycles. The highest BCUT2D eigenvalue weighted by molar-refractivity contribution is 6.57. The topological polar surface area (TPSA) is 92.7 Å². The summed E-state index contributed by atoms with van der Waals surface area (Å²) in [5.41, 5.74) is 0. The lowest BCUT2D eigenvalue weighted by Crippen LogP contribution is -2.40. The number of aliphatic carboxylic acids is 1. The van der Waals surface area contributed by atoms with Crippen molar-refractivity contribution in [2.24, 2.45) is 0 Å². The van der Waals surface area contributed by atoms with Crippen LogP contribution in [0.15, 0.2) is 0 Å². The molecular formula is C7H10BNO5. The molecule has 0 heterocycles. The summed E-state index contributed by atoms with van der Waals surface area (Å²) < 4.78 is 4.31. The summed E-state index contributed by atoms with van der Waals surface area (Å²) in [4.78, 5) is 31.5. The van der Waals surface area contributed by atoms with E-state index >= 15 is 0 Å². The third kappa shape index (κ3) is 5.18. The minimum Gasteiger partial charge on any atom is -0.480 e. The molecule has 76 valence electrons. The van der Waals surface area contributed by atoms with Crippen LogP contribution in [0.2, 0.25) is 0 Å². The Bertz CT molecular complexity index is 242. The van der Waals surface area contributed by atoms with E-state index in [4.69, 9.17) is 13.0 Å². The molecule has 2 radical (unpaired) electrons. The van der Waals surface area contributed by atoms with Crippen molar-refractivity contribution in [3.63, 3.8) is 0 Å². The highest BCUT2D eigenvalue weighted by atomic mass is 16.5. The van der Waals surface area contributed by atoms with Crippen molar-refractivity contribution in [2.75, 3.05) is 7.11 Å². The Kier molecular flexibility index (Phi) is 5.35. The molecule has 0 rings (SSSR count). The molecule has 0 aromatic rings. The zero-order chi connectivity index (χ0) is 11.1. The van der Waals surface area contributed by atoms with Gasteiger partial charge in [-0.15, -0.1) is 0 Å². The highest BCUT2D eigenvalue weighted by Gasteiger charge is 2.19. The SMILES string of the molecule is [B]C(=O)N[C@@H](CCC(=O)OC)C(=O)O. The van der Waals surface area contributed by atoms with E-state index < -0.39 is 23.8 Å². The van der Waals surface area contributed by atoms with Crippen LogP contribution >= 0.6 is 0 Å². The smallest absolute Gasteiger partial charge is 0.326 e. The Morgan fingerprint density at radius 3 is 2.43 bits per heavy atom. The molecule has 2 N–H and O–H groups in total. The summed E-state index contributed by atoms with van der Waals surface area (Å²) in [7, 11) is 5.93. The lowest BCUT2D eigenvalue weighted by Gasteiger charge is -2.12. The lowest BCUT2D eigenvalue weighted by atomic mass is 10.1. The number of carboxylic acids is 1. The van der Waals surface area contributed by atoms with Gasteiger partial charge in [0.2, 0.25) is 7.85 Å². The van der Waals surface area contributed by atoms with E-state index in [9.17, 15) is 14.4 Å². The second kappa shape index (κ2) is 6.01. The van der Waals surface area contributed by atoms with Crippen molar-refractivity contribution in [1.82, 2.24) is 5.32 Å². The second-order valence-corrected chi connectivity index (χ2v) is 2.51. The standard InChI is InChI=1S/C7H10BNO5/c1-14-5(10)3-2-4(6(11)12)9-7(8)13/h4H,2-3H2,1H3,(H,9,13)(H,11,12)/t4-/m0/s1. The molecule has 1 amide bonds. The Morgan fingerprint density at radius 2 is 2.07 bits per heavy atom. The maximum Gasteiger partial charge on any atom is 0.326 e. The molecule has 0 unspecified atom stereocenters. The van der Waals surface area contributed by atoms with E-state index in [-0.39, 0.29) is 12.8 Å². The van der Waals surface area contributed by atoms with Gasteiger partial charge in [-0.3, -0.25) is 9.59 Å². The minimum atomic E-state index is -1.24. The van der Waals surface area contributed by atoms with E-state index in [0.717, 1.165) is 0 Å². The maximum atomic E-state index is 10.7. The molecule has 0 saturated heterocycles. The van der Waals surface area contributed by atoms with Crippen molar-refractivity contribution < 1.29 is 24.2 Å². The van der Waals surface area contributed by atoms with Gasteiger partial charge in [-0.05, 0) is 6.42 Å². The third-order valence-electron chi connectivity index (χ3n) is 1.48. The number of hydrogen-bond acceptors (Lipinski definition) is 4. The average Bonchev–Trinajstić information content (AvgIpc) is 2.10. The van der Waals surface area contributed by atoms with E-state index in [1.807, 2.05) is 5.32 Å². The van der Waals surface area contributed by atoms with Gasteiger partial charge >= 0.3 is 11.9 Å². The molecule has 0 saturated carbocycles. The number of hydrogen-bond donors (Lipinski definition) is 2. The van der Waals surface area contributed by atoms with E-state index in [2.05, 4.69) is 4.74 Å². The molecule has 0 bridgehead atoms. The first-order chi connectivity index (χ1) is 6.47. The van der Waals surface area contributed by atoms with E-state index in [1.54, 1.807) is 0 Å². The minimum absolute atomic E-state index is 0.0506. The fourth-order valence-electron chi connectivity index (χ4n) is 0.793. The number of rotatable bonds is 5. The number of amides is 1. The van der Waals surface area contributed by atoms with Crippen LogP contribution in [0, 0.1) is 0 Å². The van der Waals surface area contributed by atoms with Gasteiger partial charge in [0.05, 0.1) is 7.11 Å². The summed E-state index contributed by atoms with van der Waals surface area (Å²) in [5, 5.41) is 10.6. The number of nitrogens with one attached hydrogen (secondary N) is 1. The first-order valence-electron chi connectivity index (χ1n) is 3.83. The monoisotopic (exact) mass is 199 g/mol. The largest absolute Gasteiger partial charge is 0.480 e. The quantitative estimate of drug-likeness (QED) is 0.449. The van der Waals surface area contributed by atoms with Gasteiger partial charge in [0.1, 0.15) is 6.04 Å². The van der Waals surface area contributed by atoms with Crippen LogP contribution < -0.4 is 5.32 Å². The van der Waals surface area contributed by atoms with Crippen LogP contribution in [-0.2, 0) is 14.3 Å². The third-order valence-corrected chi connectivity index (χ3v) is 1.48. The van der Waals surface area contributed by atoms with Crippen LogP contribution in [0.25, 0.3) is 0 Å². The fourth-order valence-corrected chi connectivity index (χ4v) is 0.793. The van der Waals surface area contributed by atoms with Crippen LogP contribution in [-0.4, -0.2) is 43.8 Å². The van der Waals surface area contributed by atoms with Crippen LogP contribution in [0.4, 0.5) is 4.79 Å². The Hall–Kier alpha value is -1.53. The number of carboxylic acid groups (broad SMARTS) is 1. The number of carbonyl (C=O) groups is 3. The zero-order valence-electron chi connectivity index (χ0n) is 7.65. The number of esters is 1. The first-order valence-corrected chi connectivity index (χ1v) is 3.83. The molecule has 0 fully saturated rings. The van der Waals surface area contributed by atoms with Gasteiger partial charge in [-0.1, -0.05) is 0 Å². The van der Waals surface area contributed by atoms with Gasteiger partial charge in [-0.25, -0.2) is 4.79 Å². The lowest BCUT2D eigenvalue weighted by molar-refractivity contribution is -0.142. The molecule has 0 aromatic heterocycles. The van der Waals surface area contributed by atoms with Crippen LogP contribution in [0.5, 0.6) is 0 Å². The predicted octanol–water partition coefficient (Wildman–Crippen LogP) is -0.729. The van der Waals surface area contributed by atoms with Crippen LogP contribution in [0.3, 0.4) is 0 Å². The number of ether oxygens (including phenoxy) is 1. The summed E-state index contributed by atoms with van der Waals surface area (Å²) in [6, 6.07) is -1.16. The van der Waals surface area contributed by atoms with Gasteiger partial charge < -0.3 is 15.2 Å². The highest BCUT2D eigenvalue weighted by Crippen LogP contribution is 1.99. The van der Waals surface area contributed by atoms with E-state index in [0.29, 0.717) is 0 Å². The summed E-state index contributed by atoms with van der Waals surface area (Å²) in [5.74, 6) is -2.72. The Balaban J connectivity index is 4.04. The van der Waals surface area contributed by atoms with Crippen molar-refractivity contribution in [2.45, 2.75) is 18.9 Å². The van der Waals surface area contributed by atoms with Crippen molar-refractivity contribution >= 4 is 25.6 Å². The first kappa shape index (κ1) is 12.5. The van der Waals surface area contributed by atoms with Gasteiger partial charge in [0, 0.05) is 6.42 Å². The van der Waals surface area contributed by atoms with Crippen molar-refractivity contribution in [3.05, 3.63) is 0 Å². The Labute approximate surface area is 82.0 Å². The normalized spacial score (nSPS) is 11.5. The van der Waals surface area contributed by atoms with Crippen molar-refractivity contribution in [3.8, 4) is 0 Å². The van der Waals surface area contributed by atoms with Gasteiger partial charge in [0.15, 0.2) is 5.81 Å². The fraction of sp³-hybridized carbons (Fsp3) is 0.571. The molecule has 0 aliphatic heterocycles. The maximum absolute atomic E-state index is 10.7. The Morgan fingerprint density at radius 1 is 1.50 bits per heavy atom. The van der Waals surface area contributed by atoms with Gasteiger partial charge in [0.25, 0.3) is 0 Å². The average molecular weight is 199 g/mol. The summed E-state index contributed by atoms with van der Waals surface area (Å²) in [6.07, 6.45) is -0.140.